The lowest BCUT2D eigenvalue weighted by molar-refractivity contribution is -0.00923. The molecule has 2 aromatic rings. The second-order valence-corrected chi connectivity index (χ2v) is 8.31. The summed E-state index contributed by atoms with van der Waals surface area (Å²) in [5.74, 6) is 0.959. The molecule has 1 saturated heterocycles. The highest BCUT2D eigenvalue weighted by molar-refractivity contribution is 6.30. The molecule has 1 heterocycles. The first kappa shape index (κ1) is 22.4. The lowest BCUT2D eigenvalue weighted by atomic mass is 10.0. The molecule has 2 aromatic carbocycles. The zero-order chi connectivity index (χ0) is 21.6. The molecule has 6 nitrogen and oxygen atoms in total. The number of rotatable bonds is 8. The van der Waals surface area contributed by atoms with E-state index >= 15 is 0 Å². The van der Waals surface area contributed by atoms with Crippen molar-refractivity contribution in [2.45, 2.75) is 26.0 Å². The van der Waals surface area contributed by atoms with Crippen molar-refractivity contribution in [3.63, 3.8) is 0 Å². The molecule has 0 aliphatic carbocycles. The molecule has 1 fully saturated rings. The molecule has 0 unspecified atom stereocenters. The van der Waals surface area contributed by atoms with Gasteiger partial charge in [-0.15, -0.1) is 0 Å². The molecular weight excluding hydrogens is 404 g/mol. The van der Waals surface area contributed by atoms with Crippen molar-refractivity contribution in [2.24, 2.45) is 0 Å². The molecule has 0 bridgehead atoms. The number of methoxy groups -OCH3 is 1. The van der Waals surface area contributed by atoms with Crippen molar-refractivity contribution in [1.29, 1.82) is 0 Å². The van der Waals surface area contributed by atoms with Crippen LogP contribution in [0.5, 0.6) is 11.5 Å². The summed E-state index contributed by atoms with van der Waals surface area (Å²) in [7, 11) is 1.56. The zero-order valence-electron chi connectivity index (χ0n) is 17.7. The van der Waals surface area contributed by atoms with Gasteiger partial charge in [-0.1, -0.05) is 23.7 Å². The summed E-state index contributed by atoms with van der Waals surface area (Å²) in [6.07, 6.45) is 0. The maximum absolute atomic E-state index is 12.7. The molecule has 3 rings (SSSR count). The Balaban J connectivity index is 1.60. The van der Waals surface area contributed by atoms with Crippen LogP contribution in [-0.4, -0.2) is 56.3 Å². The molecule has 0 atom stereocenters. The number of morpholine rings is 1. The number of halogens is 1. The summed E-state index contributed by atoms with van der Waals surface area (Å²) in [6, 6.07) is 12.7. The molecule has 1 aliphatic rings. The fraction of sp³-hybridized carbons (Fsp3) is 0.435. The van der Waals surface area contributed by atoms with Crippen LogP contribution in [0.25, 0.3) is 0 Å². The lowest BCUT2D eigenvalue weighted by Gasteiger charge is -2.40. The van der Waals surface area contributed by atoms with Gasteiger partial charge in [-0.05, 0) is 49.7 Å². The highest BCUT2D eigenvalue weighted by atomic mass is 35.5. The van der Waals surface area contributed by atoms with Crippen LogP contribution in [0.1, 0.15) is 29.8 Å². The Kier molecular flexibility index (Phi) is 7.58. The van der Waals surface area contributed by atoms with Gasteiger partial charge in [0.15, 0.2) is 11.5 Å². The second-order valence-electron chi connectivity index (χ2n) is 7.88. The average Bonchev–Trinajstić information content (AvgIpc) is 2.77. The van der Waals surface area contributed by atoms with Gasteiger partial charge in [-0.3, -0.25) is 9.69 Å². The van der Waals surface area contributed by atoms with E-state index < -0.39 is 0 Å². The summed E-state index contributed by atoms with van der Waals surface area (Å²) in [6.45, 7) is 8.39. The first-order valence-electron chi connectivity index (χ1n) is 10.1. The van der Waals surface area contributed by atoms with Gasteiger partial charge in [-0.25, -0.2) is 0 Å². The van der Waals surface area contributed by atoms with Crippen LogP contribution in [0, 0.1) is 0 Å². The molecule has 0 saturated carbocycles. The number of hydrogen-bond donors (Lipinski definition) is 1. The van der Waals surface area contributed by atoms with Crippen LogP contribution in [0.4, 0.5) is 0 Å². The van der Waals surface area contributed by atoms with Gasteiger partial charge in [0.25, 0.3) is 5.91 Å². The third-order valence-corrected chi connectivity index (χ3v) is 5.53. The van der Waals surface area contributed by atoms with E-state index in [4.69, 9.17) is 25.8 Å². The fourth-order valence-electron chi connectivity index (χ4n) is 3.35. The molecule has 0 spiro atoms. The third-order valence-electron chi connectivity index (χ3n) is 5.28. The minimum atomic E-state index is -0.148. The van der Waals surface area contributed by atoms with Gasteiger partial charge in [0.2, 0.25) is 0 Å². The molecule has 1 N–H and O–H groups in total. The van der Waals surface area contributed by atoms with Crippen molar-refractivity contribution in [1.82, 2.24) is 10.2 Å². The van der Waals surface area contributed by atoms with Crippen molar-refractivity contribution in [3.05, 3.63) is 58.6 Å². The highest BCUT2D eigenvalue weighted by Gasteiger charge is 2.28. The molecule has 1 aliphatic heterocycles. The van der Waals surface area contributed by atoms with Gasteiger partial charge in [-0.2, -0.15) is 0 Å². The Morgan fingerprint density at radius 3 is 2.50 bits per heavy atom. The quantitative estimate of drug-likeness (QED) is 0.688. The Labute approximate surface area is 183 Å². The number of nitrogens with one attached hydrogen (secondary N) is 1. The van der Waals surface area contributed by atoms with Crippen molar-refractivity contribution in [3.8, 4) is 11.5 Å². The first-order chi connectivity index (χ1) is 14.4. The average molecular weight is 433 g/mol. The number of hydrogen-bond acceptors (Lipinski definition) is 5. The van der Waals surface area contributed by atoms with E-state index in [1.165, 1.54) is 0 Å². The maximum Gasteiger partial charge on any atom is 0.251 e. The predicted octanol–water partition coefficient (Wildman–Crippen LogP) is 3.77. The summed E-state index contributed by atoms with van der Waals surface area (Å²) < 4.78 is 16.7. The van der Waals surface area contributed by atoms with E-state index in [0.717, 1.165) is 31.9 Å². The summed E-state index contributed by atoms with van der Waals surface area (Å²) >= 11 is 5.91. The summed E-state index contributed by atoms with van der Waals surface area (Å²) in [5, 5.41) is 3.72. The van der Waals surface area contributed by atoms with Gasteiger partial charge >= 0.3 is 0 Å². The van der Waals surface area contributed by atoms with Gasteiger partial charge < -0.3 is 19.5 Å². The molecule has 1 amide bonds. The Hall–Kier alpha value is -2.28. The van der Waals surface area contributed by atoms with Crippen LogP contribution in [0.3, 0.4) is 0 Å². The van der Waals surface area contributed by atoms with Crippen molar-refractivity contribution in [2.75, 3.05) is 40.0 Å². The van der Waals surface area contributed by atoms with Crippen LogP contribution in [0.2, 0.25) is 5.02 Å². The first-order valence-corrected chi connectivity index (χ1v) is 10.4. The molecular formula is C23H29ClN2O4. The smallest absolute Gasteiger partial charge is 0.251 e. The standard InChI is InChI=1S/C23H29ClN2O4/c1-23(2,26-10-12-29-13-11-26)16-25-22(27)18-6-9-20(21(14-18)28-3)30-15-17-4-7-19(24)8-5-17/h4-9,14H,10-13,15-16H2,1-3H3,(H,25,27). The van der Waals surface area contributed by atoms with Crippen LogP contribution in [-0.2, 0) is 11.3 Å². The fourth-order valence-corrected chi connectivity index (χ4v) is 3.47. The molecule has 0 aromatic heterocycles. The number of ether oxygens (including phenoxy) is 3. The zero-order valence-corrected chi connectivity index (χ0v) is 18.5. The van der Waals surface area contributed by atoms with E-state index in [2.05, 4.69) is 24.1 Å². The maximum atomic E-state index is 12.7. The van der Waals surface area contributed by atoms with E-state index in [-0.39, 0.29) is 11.4 Å². The van der Waals surface area contributed by atoms with Crippen LogP contribution in [0.15, 0.2) is 42.5 Å². The summed E-state index contributed by atoms with van der Waals surface area (Å²) in [5.41, 5.74) is 1.38. The summed E-state index contributed by atoms with van der Waals surface area (Å²) in [4.78, 5) is 15.0. The molecule has 30 heavy (non-hydrogen) atoms. The number of nitrogens with zero attached hydrogens (tertiary/aromatic N) is 1. The second kappa shape index (κ2) is 10.2. The van der Waals surface area contributed by atoms with Gasteiger partial charge in [0.1, 0.15) is 6.61 Å². The van der Waals surface area contributed by atoms with Gasteiger partial charge in [0, 0.05) is 35.8 Å². The number of benzene rings is 2. The number of carbonyl (C=O) groups is 1. The molecule has 162 valence electrons. The van der Waals surface area contributed by atoms with Crippen molar-refractivity contribution < 1.29 is 19.0 Å². The largest absolute Gasteiger partial charge is 0.493 e. The number of carbonyl (C=O) groups excluding carboxylic acids is 1. The van der Waals surface area contributed by atoms with E-state index in [0.29, 0.717) is 35.2 Å². The Morgan fingerprint density at radius 2 is 1.83 bits per heavy atom. The lowest BCUT2D eigenvalue weighted by Crippen LogP contribution is -2.55. The Morgan fingerprint density at radius 1 is 1.13 bits per heavy atom. The van der Waals surface area contributed by atoms with Crippen LogP contribution >= 0.6 is 11.6 Å². The number of amides is 1. The minimum absolute atomic E-state index is 0.140. The normalized spacial score (nSPS) is 14.9. The monoisotopic (exact) mass is 432 g/mol. The van der Waals surface area contributed by atoms with E-state index in [9.17, 15) is 4.79 Å². The Bertz CT molecular complexity index is 849. The van der Waals surface area contributed by atoms with E-state index in [1.54, 1.807) is 25.3 Å². The molecule has 0 radical (unpaired) electrons. The van der Waals surface area contributed by atoms with Crippen LogP contribution < -0.4 is 14.8 Å². The minimum Gasteiger partial charge on any atom is -0.493 e. The third kappa shape index (κ3) is 5.88. The van der Waals surface area contributed by atoms with E-state index in [1.807, 2.05) is 24.3 Å². The SMILES string of the molecule is COc1cc(C(=O)NCC(C)(C)N2CCOCC2)ccc1OCc1ccc(Cl)cc1. The highest BCUT2D eigenvalue weighted by Crippen LogP contribution is 2.29. The van der Waals surface area contributed by atoms with Gasteiger partial charge in [0.05, 0.1) is 20.3 Å². The van der Waals surface area contributed by atoms with Crippen molar-refractivity contribution >= 4 is 17.5 Å². The topological polar surface area (TPSA) is 60.0 Å². The molecule has 7 heteroatoms. The predicted molar refractivity (Wildman–Crippen MR) is 118 cm³/mol.